The third-order valence-corrected chi connectivity index (χ3v) is 13.2. The summed E-state index contributed by atoms with van der Waals surface area (Å²) in [4.78, 5) is 5.10. The highest BCUT2D eigenvalue weighted by molar-refractivity contribution is 6.28. The molecule has 0 spiro atoms. The Bertz CT molecular complexity index is 3100. The van der Waals surface area contributed by atoms with Crippen LogP contribution in [0.2, 0.25) is 0 Å². The molecule has 0 aromatic heterocycles. The van der Waals surface area contributed by atoms with Crippen LogP contribution in [-0.2, 0) is 0 Å². The van der Waals surface area contributed by atoms with Gasteiger partial charge < -0.3 is 9.80 Å². The normalized spacial score (nSPS) is 11.5. The van der Waals surface area contributed by atoms with Crippen LogP contribution >= 0.6 is 0 Å². The van der Waals surface area contributed by atoms with E-state index < -0.39 is 0 Å². The summed E-state index contributed by atoms with van der Waals surface area (Å²) in [5.41, 5.74) is 22.1. The quantitative estimate of drug-likeness (QED) is 0.141. The topological polar surface area (TPSA) is 6.48 Å². The van der Waals surface area contributed by atoms with Gasteiger partial charge in [-0.15, -0.1) is 0 Å². The number of hydrogen-bond donors (Lipinski definition) is 0. The van der Waals surface area contributed by atoms with Crippen LogP contribution in [0.3, 0.4) is 0 Å². The van der Waals surface area contributed by atoms with E-state index in [4.69, 9.17) is 0 Å². The van der Waals surface area contributed by atoms with E-state index in [0.717, 1.165) is 0 Å². The summed E-state index contributed by atoms with van der Waals surface area (Å²) in [6.07, 6.45) is 0. The lowest BCUT2D eigenvalue weighted by Gasteiger charge is -2.33. The molecule has 0 heterocycles. The zero-order valence-corrected chi connectivity index (χ0v) is 37.1. The number of nitrogens with zero attached hydrogens (tertiary/aromatic N) is 2. The van der Waals surface area contributed by atoms with Crippen molar-refractivity contribution in [1.29, 1.82) is 0 Å². The fraction of sp³-hybridized carbons (Fsp3) is 0.133. The van der Waals surface area contributed by atoms with Crippen molar-refractivity contribution in [2.75, 3.05) is 9.80 Å². The summed E-state index contributed by atoms with van der Waals surface area (Å²) in [5.74, 6) is 0. The summed E-state index contributed by atoms with van der Waals surface area (Å²) in [6, 6.07) is 63.3. The van der Waals surface area contributed by atoms with Crippen LogP contribution < -0.4 is 9.80 Å². The van der Waals surface area contributed by atoms with Gasteiger partial charge in [0, 0.05) is 22.1 Å². The molecule has 0 amide bonds. The Morgan fingerprint density at radius 1 is 0.306 bits per heavy atom. The molecule has 10 aromatic carbocycles. The molecule has 0 N–H and O–H groups in total. The Kier molecular flexibility index (Phi) is 9.68. The van der Waals surface area contributed by atoms with Gasteiger partial charge in [-0.1, -0.05) is 146 Å². The van der Waals surface area contributed by atoms with Gasteiger partial charge in [0.2, 0.25) is 0 Å². The van der Waals surface area contributed by atoms with E-state index in [1.807, 2.05) is 0 Å². The first-order chi connectivity index (χ1) is 30.1. The summed E-state index contributed by atoms with van der Waals surface area (Å²) in [5, 5.41) is 7.53. The Labute approximate surface area is 366 Å². The predicted octanol–water partition coefficient (Wildman–Crippen LogP) is 17.3. The SMILES string of the molecule is Cc1ccc(C)c(N(c2c(C)ccc(-c3ccccc3)c2C)c2ccc3ccc4c(N(c5cc(C)ccc5C)c5c(C)ccc(-c6ccccc6)c5C)ccc5ccc2c3c54)c1. The van der Waals surface area contributed by atoms with Gasteiger partial charge in [-0.2, -0.15) is 0 Å². The Morgan fingerprint density at radius 3 is 1.08 bits per heavy atom. The maximum Gasteiger partial charge on any atom is 0.0541 e. The number of aryl methyl sites for hydroxylation is 6. The first kappa shape index (κ1) is 39.0. The van der Waals surface area contributed by atoms with Gasteiger partial charge in [-0.3, -0.25) is 0 Å². The third-order valence-electron chi connectivity index (χ3n) is 13.2. The minimum atomic E-state index is 1.18. The second-order valence-electron chi connectivity index (χ2n) is 17.4. The van der Waals surface area contributed by atoms with Crippen LogP contribution in [0.5, 0.6) is 0 Å². The number of anilines is 6. The van der Waals surface area contributed by atoms with Crippen molar-refractivity contribution >= 4 is 66.4 Å². The van der Waals surface area contributed by atoms with Gasteiger partial charge >= 0.3 is 0 Å². The molecule has 0 saturated heterocycles. The maximum absolute atomic E-state index is 2.55. The molecule has 0 atom stereocenters. The molecule has 2 nitrogen and oxygen atoms in total. The highest BCUT2D eigenvalue weighted by Gasteiger charge is 2.27. The van der Waals surface area contributed by atoms with Crippen LogP contribution in [0, 0.1) is 55.4 Å². The number of hydrogen-bond acceptors (Lipinski definition) is 2. The second-order valence-corrected chi connectivity index (χ2v) is 17.4. The molecule has 0 bridgehead atoms. The van der Waals surface area contributed by atoms with Crippen LogP contribution in [0.1, 0.15) is 44.5 Å². The zero-order chi connectivity index (χ0) is 42.8. The van der Waals surface area contributed by atoms with Crippen molar-refractivity contribution < 1.29 is 0 Å². The number of rotatable bonds is 8. The van der Waals surface area contributed by atoms with Crippen molar-refractivity contribution in [3.8, 4) is 22.3 Å². The molecular formula is C60H52N2. The summed E-state index contributed by atoms with van der Waals surface area (Å²) in [6.45, 7) is 18.0. The fourth-order valence-corrected chi connectivity index (χ4v) is 10.0. The Balaban J connectivity index is 1.27. The van der Waals surface area contributed by atoms with Gasteiger partial charge in [0.15, 0.2) is 0 Å². The summed E-state index contributed by atoms with van der Waals surface area (Å²) >= 11 is 0. The molecule has 10 aromatic rings. The van der Waals surface area contributed by atoms with Crippen molar-refractivity contribution in [2.45, 2.75) is 55.4 Å². The van der Waals surface area contributed by atoms with Crippen molar-refractivity contribution in [3.63, 3.8) is 0 Å². The first-order valence-corrected chi connectivity index (χ1v) is 21.9. The standard InChI is InChI=1S/C60H52N2/c1-37-19-21-39(3)55(35-37)61(59-41(5)23-29-49(43(59)7)45-15-11-9-12-16-45)53-33-27-47-26-32-52-54(34-28-48-25-31-51(53)57(47)58(48)52)62(56-36-38(2)20-22-40(56)4)60-42(6)24-30-50(44(60)8)46-17-13-10-14-18-46/h9-36H,1-8H3. The van der Waals surface area contributed by atoms with E-state index in [9.17, 15) is 0 Å². The summed E-state index contributed by atoms with van der Waals surface area (Å²) in [7, 11) is 0. The van der Waals surface area contributed by atoms with Gasteiger partial charge in [-0.25, -0.2) is 0 Å². The van der Waals surface area contributed by atoms with Crippen LogP contribution in [0.25, 0.3) is 54.6 Å². The molecule has 62 heavy (non-hydrogen) atoms. The third kappa shape index (κ3) is 6.41. The minimum Gasteiger partial charge on any atom is -0.309 e. The highest BCUT2D eigenvalue weighted by atomic mass is 15.2. The Hall–Kier alpha value is -7.16. The molecule has 0 aliphatic rings. The van der Waals surface area contributed by atoms with Crippen molar-refractivity contribution in [2.24, 2.45) is 0 Å². The van der Waals surface area contributed by atoms with E-state index in [2.05, 4.69) is 235 Å². The lowest BCUT2D eigenvalue weighted by molar-refractivity contribution is 1.20. The maximum atomic E-state index is 2.55. The molecule has 0 fully saturated rings. The fourth-order valence-electron chi connectivity index (χ4n) is 10.0. The number of benzene rings is 10. The predicted molar refractivity (Wildman–Crippen MR) is 268 cm³/mol. The molecular weight excluding hydrogens is 749 g/mol. The van der Waals surface area contributed by atoms with Crippen molar-refractivity contribution in [1.82, 2.24) is 0 Å². The minimum absolute atomic E-state index is 1.18. The van der Waals surface area contributed by atoms with Gasteiger partial charge in [0.25, 0.3) is 0 Å². The van der Waals surface area contributed by atoms with Crippen LogP contribution in [0.15, 0.2) is 170 Å². The van der Waals surface area contributed by atoms with Gasteiger partial charge in [0.1, 0.15) is 0 Å². The van der Waals surface area contributed by atoms with E-state index in [-0.39, 0.29) is 0 Å². The Morgan fingerprint density at radius 2 is 0.677 bits per heavy atom. The molecule has 10 rings (SSSR count). The lowest BCUT2D eigenvalue weighted by atomic mass is 9.90. The van der Waals surface area contributed by atoms with Gasteiger partial charge in [-0.05, 0) is 168 Å². The van der Waals surface area contributed by atoms with E-state index in [0.29, 0.717) is 0 Å². The van der Waals surface area contributed by atoms with E-state index in [1.165, 1.54) is 133 Å². The monoisotopic (exact) mass is 800 g/mol. The van der Waals surface area contributed by atoms with Crippen LogP contribution in [-0.4, -0.2) is 0 Å². The smallest absolute Gasteiger partial charge is 0.0541 e. The molecule has 0 aliphatic heterocycles. The lowest BCUT2D eigenvalue weighted by Crippen LogP contribution is -2.16. The highest BCUT2D eigenvalue weighted by Crippen LogP contribution is 2.51. The average Bonchev–Trinajstić information content (AvgIpc) is 3.28. The summed E-state index contributed by atoms with van der Waals surface area (Å²) < 4.78 is 0. The van der Waals surface area contributed by atoms with Crippen molar-refractivity contribution in [3.05, 3.63) is 214 Å². The molecule has 302 valence electrons. The zero-order valence-electron chi connectivity index (χ0n) is 37.1. The average molecular weight is 801 g/mol. The molecule has 0 saturated carbocycles. The van der Waals surface area contributed by atoms with Gasteiger partial charge in [0.05, 0.1) is 22.7 Å². The molecule has 0 aliphatic carbocycles. The molecule has 0 unspecified atom stereocenters. The second kappa shape index (κ2) is 15.4. The molecule has 2 heteroatoms. The van der Waals surface area contributed by atoms with Crippen LogP contribution in [0.4, 0.5) is 34.1 Å². The van der Waals surface area contributed by atoms with E-state index >= 15 is 0 Å². The largest absolute Gasteiger partial charge is 0.309 e. The van der Waals surface area contributed by atoms with E-state index in [1.54, 1.807) is 0 Å². The first-order valence-electron chi connectivity index (χ1n) is 21.9. The molecule has 0 radical (unpaired) electrons.